The first-order chi connectivity index (χ1) is 9.86. The Labute approximate surface area is 128 Å². The van der Waals surface area contributed by atoms with E-state index in [1.54, 1.807) is 16.9 Å². The number of aromatic nitrogens is 2. The van der Waals surface area contributed by atoms with Crippen LogP contribution >= 0.6 is 15.9 Å². The van der Waals surface area contributed by atoms with Crippen molar-refractivity contribution in [1.82, 2.24) is 15.2 Å². The largest absolute Gasteiger partial charge is 0.416 e. The van der Waals surface area contributed by atoms with Crippen molar-refractivity contribution in [3.63, 3.8) is 0 Å². The van der Waals surface area contributed by atoms with E-state index in [0.717, 1.165) is 6.07 Å². The first kappa shape index (κ1) is 16.0. The summed E-state index contributed by atoms with van der Waals surface area (Å²) in [4.78, 5) is 0. The minimum atomic E-state index is -4.46. The monoisotopic (exact) mass is 362 g/mol. The minimum absolute atomic E-state index is 0.0591. The molecule has 21 heavy (non-hydrogen) atoms. The lowest BCUT2D eigenvalue weighted by Gasteiger charge is -2.20. The Morgan fingerprint density at radius 1 is 1.43 bits per heavy atom. The molecule has 0 spiro atoms. The smallest absolute Gasteiger partial charge is 0.273 e. The normalized spacial score (nSPS) is 13.4. The molecule has 114 valence electrons. The zero-order valence-corrected chi connectivity index (χ0v) is 12.7. The molecule has 2 aromatic rings. The highest BCUT2D eigenvalue weighted by molar-refractivity contribution is 9.10. The summed E-state index contributed by atoms with van der Waals surface area (Å²) in [5, 5.41) is 4.07. The Morgan fingerprint density at radius 2 is 2.14 bits per heavy atom. The third-order valence-corrected chi connectivity index (χ3v) is 3.60. The second-order valence-corrected chi connectivity index (χ2v) is 5.37. The fourth-order valence-corrected chi connectivity index (χ4v) is 2.45. The predicted molar refractivity (Wildman–Crippen MR) is 76.2 cm³/mol. The highest BCUT2D eigenvalue weighted by Crippen LogP contribution is 2.37. The zero-order valence-electron chi connectivity index (χ0n) is 11.2. The van der Waals surface area contributed by atoms with E-state index in [0.29, 0.717) is 16.6 Å². The molecule has 8 heteroatoms. The van der Waals surface area contributed by atoms with Crippen LogP contribution in [0.15, 0.2) is 35.1 Å². The van der Waals surface area contributed by atoms with Gasteiger partial charge in [0.25, 0.3) is 0 Å². The van der Waals surface area contributed by atoms with E-state index in [-0.39, 0.29) is 5.56 Å². The van der Waals surface area contributed by atoms with Gasteiger partial charge in [0.05, 0.1) is 17.8 Å². The van der Waals surface area contributed by atoms with E-state index in [4.69, 9.17) is 5.84 Å². The molecule has 0 radical (unpaired) electrons. The molecule has 1 aromatic heterocycles. The van der Waals surface area contributed by atoms with Crippen LogP contribution in [0.25, 0.3) is 0 Å². The van der Waals surface area contributed by atoms with Gasteiger partial charge in [0.2, 0.25) is 0 Å². The molecule has 0 aliphatic rings. The number of hydrazine groups is 1. The molecule has 4 nitrogen and oxygen atoms in total. The molecule has 0 bridgehead atoms. The van der Waals surface area contributed by atoms with Crippen LogP contribution in [0.3, 0.4) is 0 Å². The summed E-state index contributed by atoms with van der Waals surface area (Å²) < 4.78 is 41.6. The minimum Gasteiger partial charge on any atom is -0.273 e. The Kier molecular flexibility index (Phi) is 4.70. The van der Waals surface area contributed by atoms with Crippen molar-refractivity contribution in [2.24, 2.45) is 5.84 Å². The van der Waals surface area contributed by atoms with Crippen molar-refractivity contribution >= 4 is 15.9 Å². The Hall–Kier alpha value is -1.38. The number of nitrogens with zero attached hydrogens (tertiary/aromatic N) is 2. The average Bonchev–Trinajstić information content (AvgIpc) is 2.89. The van der Waals surface area contributed by atoms with Crippen LogP contribution in [0, 0.1) is 0 Å². The summed E-state index contributed by atoms with van der Waals surface area (Å²) in [6.45, 7) is 2.52. The van der Waals surface area contributed by atoms with Gasteiger partial charge in [-0.2, -0.15) is 18.3 Å². The molecule has 1 aromatic carbocycles. The van der Waals surface area contributed by atoms with Crippen molar-refractivity contribution in [2.75, 3.05) is 0 Å². The van der Waals surface area contributed by atoms with E-state index >= 15 is 0 Å². The molecule has 3 N–H and O–H groups in total. The fourth-order valence-electron chi connectivity index (χ4n) is 2.09. The van der Waals surface area contributed by atoms with Gasteiger partial charge < -0.3 is 0 Å². The first-order valence-electron chi connectivity index (χ1n) is 6.22. The van der Waals surface area contributed by atoms with Gasteiger partial charge in [0.15, 0.2) is 0 Å². The molecule has 0 saturated heterocycles. The summed E-state index contributed by atoms with van der Waals surface area (Å²) >= 11 is 3.06. The number of aryl methyl sites for hydroxylation is 1. The second-order valence-electron chi connectivity index (χ2n) is 4.46. The molecule has 0 saturated carbocycles. The molecular formula is C13H14BrF3N4. The number of nitrogens with one attached hydrogen (secondary N) is 1. The number of hydrogen-bond donors (Lipinski definition) is 2. The summed E-state index contributed by atoms with van der Waals surface area (Å²) in [7, 11) is 0. The zero-order chi connectivity index (χ0) is 15.6. The number of nitrogens with two attached hydrogens (primary N) is 1. The number of hydrogen-bond acceptors (Lipinski definition) is 3. The average molecular weight is 363 g/mol. The van der Waals surface area contributed by atoms with Gasteiger partial charge in [-0.15, -0.1) is 0 Å². The number of alkyl halides is 3. The molecule has 0 aliphatic carbocycles. The predicted octanol–water partition coefficient (Wildman–Crippen LogP) is 3.24. The van der Waals surface area contributed by atoms with Crippen molar-refractivity contribution < 1.29 is 13.2 Å². The van der Waals surface area contributed by atoms with Crippen molar-refractivity contribution in [3.8, 4) is 0 Å². The maximum atomic E-state index is 13.2. The third kappa shape index (κ3) is 3.45. The van der Waals surface area contributed by atoms with Crippen LogP contribution in [-0.2, 0) is 12.7 Å². The standard InChI is InChI=1S/C13H14BrF3N4/c1-2-21-7-8(6-19-21)12(20-18)10-4-3-9(14)5-11(10)13(15,16)17/h3-7,12,20H,2,18H2,1H3. The lowest BCUT2D eigenvalue weighted by atomic mass is 9.96. The molecule has 0 amide bonds. The SMILES string of the molecule is CCn1cc(C(NN)c2ccc(Br)cc2C(F)(F)F)cn1. The van der Waals surface area contributed by atoms with Gasteiger partial charge in [0, 0.05) is 22.8 Å². The molecule has 1 heterocycles. The van der Waals surface area contributed by atoms with Crippen LogP contribution in [-0.4, -0.2) is 9.78 Å². The quantitative estimate of drug-likeness (QED) is 0.648. The maximum absolute atomic E-state index is 13.2. The fraction of sp³-hybridized carbons (Fsp3) is 0.308. The Morgan fingerprint density at radius 3 is 2.67 bits per heavy atom. The number of benzene rings is 1. The lowest BCUT2D eigenvalue weighted by Crippen LogP contribution is -2.30. The van der Waals surface area contributed by atoms with E-state index in [1.165, 1.54) is 12.3 Å². The highest BCUT2D eigenvalue weighted by atomic mass is 79.9. The van der Waals surface area contributed by atoms with Gasteiger partial charge in [-0.05, 0) is 24.6 Å². The van der Waals surface area contributed by atoms with Crippen LogP contribution in [0.4, 0.5) is 13.2 Å². The molecule has 1 atom stereocenters. The van der Waals surface area contributed by atoms with Gasteiger partial charge in [-0.25, -0.2) is 5.43 Å². The van der Waals surface area contributed by atoms with Crippen molar-refractivity contribution in [2.45, 2.75) is 25.7 Å². The van der Waals surface area contributed by atoms with Crippen LogP contribution < -0.4 is 11.3 Å². The van der Waals surface area contributed by atoms with Gasteiger partial charge in [0.1, 0.15) is 0 Å². The van der Waals surface area contributed by atoms with E-state index < -0.39 is 17.8 Å². The maximum Gasteiger partial charge on any atom is 0.416 e. The Bertz CT molecular complexity index is 624. The van der Waals surface area contributed by atoms with Crippen molar-refractivity contribution in [1.29, 1.82) is 0 Å². The van der Waals surface area contributed by atoms with Crippen molar-refractivity contribution in [3.05, 3.63) is 51.8 Å². The van der Waals surface area contributed by atoms with E-state index in [2.05, 4.69) is 26.5 Å². The third-order valence-electron chi connectivity index (χ3n) is 3.11. The molecule has 0 aliphatic heterocycles. The van der Waals surface area contributed by atoms with Gasteiger partial charge in [-0.3, -0.25) is 10.5 Å². The first-order valence-corrected chi connectivity index (χ1v) is 7.01. The van der Waals surface area contributed by atoms with Gasteiger partial charge in [-0.1, -0.05) is 22.0 Å². The summed E-state index contributed by atoms with van der Waals surface area (Å²) in [5.41, 5.74) is 2.34. The molecule has 0 fully saturated rings. The summed E-state index contributed by atoms with van der Waals surface area (Å²) in [5.74, 6) is 5.47. The second kappa shape index (κ2) is 6.17. The van der Waals surface area contributed by atoms with Crippen LogP contribution in [0.5, 0.6) is 0 Å². The Balaban J connectivity index is 2.52. The summed E-state index contributed by atoms with van der Waals surface area (Å²) in [6, 6.07) is 3.22. The number of rotatable bonds is 4. The topological polar surface area (TPSA) is 55.9 Å². The van der Waals surface area contributed by atoms with Gasteiger partial charge >= 0.3 is 6.18 Å². The van der Waals surface area contributed by atoms with Crippen LogP contribution in [0.1, 0.15) is 29.7 Å². The molecule has 1 unspecified atom stereocenters. The number of halogens is 4. The highest BCUT2D eigenvalue weighted by Gasteiger charge is 2.35. The van der Waals surface area contributed by atoms with Crippen LogP contribution in [0.2, 0.25) is 0 Å². The lowest BCUT2D eigenvalue weighted by molar-refractivity contribution is -0.138. The molecular weight excluding hydrogens is 349 g/mol. The van der Waals surface area contributed by atoms with E-state index in [1.807, 2.05) is 6.92 Å². The summed E-state index contributed by atoms with van der Waals surface area (Å²) in [6.07, 6.45) is -1.28. The van der Waals surface area contributed by atoms with E-state index in [9.17, 15) is 13.2 Å². The molecule has 2 rings (SSSR count).